The maximum Gasteiger partial charge on any atom is 0.266 e. The Morgan fingerprint density at radius 2 is 1.82 bits per heavy atom. The van der Waals surface area contributed by atoms with Gasteiger partial charge in [-0.1, -0.05) is 42.0 Å². The summed E-state index contributed by atoms with van der Waals surface area (Å²) in [7, 11) is 3.68. The van der Waals surface area contributed by atoms with Gasteiger partial charge in [0, 0.05) is 33.9 Å². The number of rotatable bonds is 7. The summed E-state index contributed by atoms with van der Waals surface area (Å²) in [6.07, 6.45) is 10.2. The van der Waals surface area contributed by atoms with Crippen molar-refractivity contribution in [2.24, 2.45) is 0 Å². The van der Waals surface area contributed by atoms with Gasteiger partial charge in [-0.2, -0.15) is 5.26 Å². The number of ether oxygens (including phenoxy) is 1. The largest absolute Gasteiger partial charge is 0.496 e. The number of nitrogens with one attached hydrogen (secondary N) is 1. The first-order chi connectivity index (χ1) is 18.5. The maximum atomic E-state index is 14.2. The lowest BCUT2D eigenvalue weighted by Crippen LogP contribution is -2.44. The second-order valence-electron chi connectivity index (χ2n) is 9.95. The zero-order valence-electron chi connectivity index (χ0n) is 21.8. The minimum atomic E-state index is -0.00469. The molecule has 5 nitrogen and oxygen atoms in total. The van der Waals surface area contributed by atoms with Crippen LogP contribution in [0.25, 0.3) is 23.3 Å². The van der Waals surface area contributed by atoms with Gasteiger partial charge in [-0.15, -0.1) is 11.3 Å². The SMILES string of the molecule is CN[C@H]1CC[C@H](N(Cc2cc(-c3ccc(C#N)cc3)ccc2OC)C(=O)c2sc3c(c2Cl)=CCCC=3)CC1. The van der Waals surface area contributed by atoms with Crippen LogP contribution in [0.1, 0.15) is 59.3 Å². The molecule has 7 heteroatoms. The molecule has 1 fully saturated rings. The Hall–Kier alpha value is -3.11. The zero-order valence-corrected chi connectivity index (χ0v) is 23.4. The number of benzene rings is 2. The normalized spacial score (nSPS) is 18.5. The molecule has 2 aromatic carbocycles. The van der Waals surface area contributed by atoms with Crippen LogP contribution in [-0.2, 0) is 6.54 Å². The van der Waals surface area contributed by atoms with E-state index < -0.39 is 0 Å². The maximum absolute atomic E-state index is 14.2. The standard InChI is InChI=1S/C31H32ClN3O2S/c1-34-24-12-14-25(15-13-24)35(31(36)30-29(32)26-5-3-4-6-28(26)38-30)19-23-17-22(11-16-27(23)37-2)21-9-7-20(18-33)8-10-21/h5-11,16-17,24-25,34H,3-4,12-15,19H2,1-2H3/t24-,25-. The lowest BCUT2D eigenvalue weighted by Gasteiger charge is -2.37. The van der Waals surface area contributed by atoms with Gasteiger partial charge in [0.1, 0.15) is 10.6 Å². The predicted octanol–water partition coefficient (Wildman–Crippen LogP) is 5.48. The fraction of sp³-hybridized carbons (Fsp3) is 0.355. The number of methoxy groups -OCH3 is 1. The molecule has 1 heterocycles. The molecule has 0 saturated heterocycles. The van der Waals surface area contributed by atoms with E-state index in [2.05, 4.69) is 29.6 Å². The van der Waals surface area contributed by atoms with Gasteiger partial charge in [0.2, 0.25) is 0 Å². The van der Waals surface area contributed by atoms with Crippen LogP contribution in [0.2, 0.25) is 5.02 Å². The summed E-state index contributed by atoms with van der Waals surface area (Å²) < 4.78 is 6.85. The number of nitriles is 1. The number of hydrogen-bond donors (Lipinski definition) is 1. The Morgan fingerprint density at radius 1 is 1.11 bits per heavy atom. The number of nitrogens with zero attached hydrogens (tertiary/aromatic N) is 2. The van der Waals surface area contributed by atoms with E-state index >= 15 is 0 Å². The van der Waals surface area contributed by atoms with Crippen molar-refractivity contribution in [2.45, 2.75) is 57.2 Å². The van der Waals surface area contributed by atoms with Gasteiger partial charge in [-0.25, -0.2) is 0 Å². The van der Waals surface area contributed by atoms with Crippen molar-refractivity contribution in [1.29, 1.82) is 5.26 Å². The topological polar surface area (TPSA) is 65.4 Å². The molecule has 0 bridgehead atoms. The number of amides is 1. The van der Waals surface area contributed by atoms with Crippen LogP contribution in [-0.4, -0.2) is 37.0 Å². The summed E-state index contributed by atoms with van der Waals surface area (Å²) in [5.74, 6) is 0.747. The van der Waals surface area contributed by atoms with Crippen molar-refractivity contribution >= 4 is 41.0 Å². The molecule has 2 aliphatic rings. The number of thiophene rings is 1. The minimum absolute atomic E-state index is 0.00469. The van der Waals surface area contributed by atoms with E-state index in [1.165, 1.54) is 11.3 Å². The average Bonchev–Trinajstić information content (AvgIpc) is 3.32. The van der Waals surface area contributed by atoms with Crippen molar-refractivity contribution in [3.8, 4) is 22.9 Å². The van der Waals surface area contributed by atoms with Crippen LogP contribution in [0.15, 0.2) is 42.5 Å². The highest BCUT2D eigenvalue weighted by Crippen LogP contribution is 2.32. The van der Waals surface area contributed by atoms with Crippen LogP contribution in [0.3, 0.4) is 0 Å². The fourth-order valence-corrected chi connectivity index (χ4v) is 7.09. The number of hydrogen-bond acceptors (Lipinski definition) is 5. The fourth-order valence-electron chi connectivity index (χ4n) is 5.54. The molecule has 0 radical (unpaired) electrons. The predicted molar refractivity (Wildman–Crippen MR) is 155 cm³/mol. The Labute approximate surface area is 233 Å². The van der Waals surface area contributed by atoms with Crippen LogP contribution >= 0.6 is 22.9 Å². The highest BCUT2D eigenvalue weighted by molar-refractivity contribution is 7.12. The van der Waals surface area contributed by atoms with Crippen molar-refractivity contribution < 1.29 is 9.53 Å². The third-order valence-corrected chi connectivity index (χ3v) is 9.42. The van der Waals surface area contributed by atoms with Gasteiger partial charge in [0.05, 0.1) is 23.8 Å². The summed E-state index contributed by atoms with van der Waals surface area (Å²) in [5, 5.41) is 14.1. The lowest BCUT2D eigenvalue weighted by molar-refractivity contribution is 0.0604. The number of carbonyl (C=O) groups excluding carboxylic acids is 1. The molecule has 1 aromatic heterocycles. The summed E-state index contributed by atoms with van der Waals surface area (Å²) in [6.45, 7) is 0.438. The minimum Gasteiger partial charge on any atom is -0.496 e. The second-order valence-corrected chi connectivity index (χ2v) is 11.4. The Kier molecular flexibility index (Phi) is 8.18. The molecule has 0 aliphatic heterocycles. The smallest absolute Gasteiger partial charge is 0.266 e. The summed E-state index contributed by atoms with van der Waals surface area (Å²) in [6, 6.07) is 16.4. The van der Waals surface area contributed by atoms with E-state index in [1.807, 2.05) is 48.3 Å². The second kappa shape index (κ2) is 11.7. The molecule has 0 atom stereocenters. The van der Waals surface area contributed by atoms with E-state index in [-0.39, 0.29) is 11.9 Å². The first kappa shape index (κ1) is 26.5. The van der Waals surface area contributed by atoms with Crippen LogP contribution < -0.4 is 19.8 Å². The molecule has 0 spiro atoms. The molecule has 1 saturated carbocycles. The molecular formula is C31H32ClN3O2S. The summed E-state index contributed by atoms with van der Waals surface area (Å²) >= 11 is 8.32. The van der Waals surface area contributed by atoms with E-state index in [4.69, 9.17) is 21.6 Å². The first-order valence-electron chi connectivity index (χ1n) is 13.2. The number of fused-ring (bicyclic) bond motifs is 1. The molecule has 1 amide bonds. The molecule has 3 aromatic rings. The third-order valence-electron chi connectivity index (χ3n) is 7.73. The Bertz CT molecular complexity index is 1480. The first-order valence-corrected chi connectivity index (χ1v) is 14.4. The van der Waals surface area contributed by atoms with Gasteiger partial charge in [0.15, 0.2) is 0 Å². The van der Waals surface area contributed by atoms with Crippen molar-refractivity contribution in [2.75, 3.05) is 14.2 Å². The number of halogens is 1. The molecule has 0 unspecified atom stereocenters. The van der Waals surface area contributed by atoms with E-state index in [1.54, 1.807) is 7.11 Å². The van der Waals surface area contributed by atoms with E-state index in [0.29, 0.717) is 28.0 Å². The molecule has 2 aliphatic carbocycles. The summed E-state index contributed by atoms with van der Waals surface area (Å²) in [5.41, 5.74) is 3.61. The van der Waals surface area contributed by atoms with Crippen molar-refractivity contribution in [1.82, 2.24) is 10.2 Å². The highest BCUT2D eigenvalue weighted by Gasteiger charge is 2.32. The lowest BCUT2D eigenvalue weighted by atomic mass is 9.89. The third kappa shape index (κ3) is 5.37. The van der Waals surface area contributed by atoms with Gasteiger partial charge in [-0.05, 0) is 81.0 Å². The molecule has 196 valence electrons. The van der Waals surface area contributed by atoms with Gasteiger partial charge in [0.25, 0.3) is 5.91 Å². The molecular weight excluding hydrogens is 514 g/mol. The van der Waals surface area contributed by atoms with E-state index in [9.17, 15) is 4.79 Å². The van der Waals surface area contributed by atoms with Gasteiger partial charge >= 0.3 is 0 Å². The van der Waals surface area contributed by atoms with E-state index in [0.717, 1.165) is 70.7 Å². The molecule has 38 heavy (non-hydrogen) atoms. The molecule has 1 N–H and O–H groups in total. The van der Waals surface area contributed by atoms with Crippen molar-refractivity contribution in [3.05, 3.63) is 73.2 Å². The molecule has 5 rings (SSSR count). The van der Waals surface area contributed by atoms with Crippen LogP contribution in [0, 0.1) is 11.3 Å². The average molecular weight is 546 g/mol. The zero-order chi connectivity index (χ0) is 26.6. The quantitative estimate of drug-likeness (QED) is 0.427. The monoisotopic (exact) mass is 545 g/mol. The summed E-state index contributed by atoms with van der Waals surface area (Å²) in [4.78, 5) is 16.9. The Balaban J connectivity index is 1.52. The van der Waals surface area contributed by atoms with Gasteiger partial charge in [-0.3, -0.25) is 4.79 Å². The van der Waals surface area contributed by atoms with Crippen LogP contribution in [0.5, 0.6) is 5.75 Å². The number of carbonyl (C=O) groups is 1. The van der Waals surface area contributed by atoms with Gasteiger partial charge < -0.3 is 15.0 Å². The highest BCUT2D eigenvalue weighted by atomic mass is 35.5. The Morgan fingerprint density at radius 3 is 2.47 bits per heavy atom. The van der Waals surface area contributed by atoms with Crippen LogP contribution in [0.4, 0.5) is 0 Å². The van der Waals surface area contributed by atoms with Crippen molar-refractivity contribution in [3.63, 3.8) is 0 Å².